The van der Waals surface area contributed by atoms with Crippen molar-refractivity contribution in [1.29, 1.82) is 0 Å². The summed E-state index contributed by atoms with van der Waals surface area (Å²) in [6.07, 6.45) is 2.73. The molecule has 0 aliphatic heterocycles. The Kier molecular flexibility index (Phi) is 7.13. The molecule has 5 nitrogen and oxygen atoms in total. The highest BCUT2D eigenvalue weighted by atomic mass is 16.5. The molecule has 0 bridgehead atoms. The summed E-state index contributed by atoms with van der Waals surface area (Å²) >= 11 is 0. The van der Waals surface area contributed by atoms with Gasteiger partial charge in [-0.05, 0) is 25.5 Å². The van der Waals surface area contributed by atoms with E-state index in [1.54, 1.807) is 20.1 Å². The van der Waals surface area contributed by atoms with Crippen LogP contribution in [0.4, 0.5) is 0 Å². The zero-order chi connectivity index (χ0) is 13.2. The monoisotopic (exact) mass is 255 g/mol. The molecule has 0 atom stereocenters. The molecule has 0 radical (unpaired) electrons. The van der Waals surface area contributed by atoms with Gasteiger partial charge in [0.2, 0.25) is 0 Å². The van der Waals surface area contributed by atoms with Crippen LogP contribution in [0, 0.1) is 0 Å². The van der Waals surface area contributed by atoms with E-state index in [0.29, 0.717) is 32.1 Å². The summed E-state index contributed by atoms with van der Waals surface area (Å²) in [4.78, 5) is 11.6. The number of methoxy groups -OCH3 is 1. The average Bonchev–Trinajstić information content (AvgIpc) is 2.82. The van der Waals surface area contributed by atoms with E-state index < -0.39 is 0 Å². The summed E-state index contributed by atoms with van der Waals surface area (Å²) in [6, 6.07) is 3.61. The van der Waals surface area contributed by atoms with Crippen LogP contribution in [0.1, 0.15) is 23.8 Å². The van der Waals surface area contributed by atoms with E-state index in [4.69, 9.17) is 14.2 Å². The predicted molar refractivity (Wildman–Crippen MR) is 67.7 cm³/mol. The zero-order valence-corrected chi connectivity index (χ0v) is 11.1. The standard InChI is InChI=1S/C13H21NO4/c1-3-18-13(15)12-6-4-7-14(12)8-5-9-17-11-10-16-2/h4,6-7H,3,5,8-11H2,1-2H3. The van der Waals surface area contributed by atoms with Gasteiger partial charge < -0.3 is 18.8 Å². The Morgan fingerprint density at radius 3 is 2.89 bits per heavy atom. The van der Waals surface area contributed by atoms with Crippen LogP contribution in [0.2, 0.25) is 0 Å². The van der Waals surface area contributed by atoms with E-state index in [2.05, 4.69) is 0 Å². The van der Waals surface area contributed by atoms with Crippen molar-refractivity contribution in [3.63, 3.8) is 0 Å². The van der Waals surface area contributed by atoms with E-state index in [-0.39, 0.29) is 5.97 Å². The zero-order valence-electron chi connectivity index (χ0n) is 11.1. The highest BCUT2D eigenvalue weighted by Crippen LogP contribution is 2.05. The Morgan fingerprint density at radius 2 is 2.17 bits per heavy atom. The van der Waals surface area contributed by atoms with E-state index in [1.807, 2.05) is 16.8 Å². The third-order valence-corrected chi connectivity index (χ3v) is 2.43. The van der Waals surface area contributed by atoms with Crippen molar-refractivity contribution >= 4 is 5.97 Å². The van der Waals surface area contributed by atoms with Crippen molar-refractivity contribution in [1.82, 2.24) is 4.57 Å². The van der Waals surface area contributed by atoms with Gasteiger partial charge >= 0.3 is 5.97 Å². The number of rotatable bonds is 9. The largest absolute Gasteiger partial charge is 0.461 e. The molecule has 18 heavy (non-hydrogen) atoms. The maximum absolute atomic E-state index is 11.6. The van der Waals surface area contributed by atoms with Crippen LogP contribution >= 0.6 is 0 Å². The number of aromatic nitrogens is 1. The number of aryl methyl sites for hydroxylation is 1. The lowest BCUT2D eigenvalue weighted by molar-refractivity contribution is 0.0509. The van der Waals surface area contributed by atoms with Gasteiger partial charge in [0.05, 0.1) is 19.8 Å². The lowest BCUT2D eigenvalue weighted by Gasteiger charge is -2.08. The summed E-state index contributed by atoms with van der Waals surface area (Å²) in [7, 11) is 1.65. The van der Waals surface area contributed by atoms with Gasteiger partial charge in [-0.15, -0.1) is 0 Å². The Morgan fingerprint density at radius 1 is 1.33 bits per heavy atom. The molecule has 1 rings (SSSR count). The van der Waals surface area contributed by atoms with E-state index in [0.717, 1.165) is 13.0 Å². The fourth-order valence-corrected chi connectivity index (χ4v) is 1.58. The van der Waals surface area contributed by atoms with Crippen molar-refractivity contribution in [3.8, 4) is 0 Å². The number of nitrogens with zero attached hydrogens (tertiary/aromatic N) is 1. The number of hydrogen-bond donors (Lipinski definition) is 0. The Bertz CT molecular complexity index is 349. The Labute approximate surface area is 108 Å². The van der Waals surface area contributed by atoms with Gasteiger partial charge in [-0.2, -0.15) is 0 Å². The number of esters is 1. The van der Waals surface area contributed by atoms with Gasteiger partial charge in [-0.25, -0.2) is 4.79 Å². The van der Waals surface area contributed by atoms with Crippen LogP contribution in [-0.2, 0) is 20.8 Å². The van der Waals surface area contributed by atoms with Crippen molar-refractivity contribution in [2.45, 2.75) is 19.9 Å². The van der Waals surface area contributed by atoms with Gasteiger partial charge in [0.15, 0.2) is 0 Å². The van der Waals surface area contributed by atoms with Crippen LogP contribution in [0.3, 0.4) is 0 Å². The summed E-state index contributed by atoms with van der Waals surface area (Å²) < 4.78 is 17.1. The number of hydrogen-bond acceptors (Lipinski definition) is 4. The van der Waals surface area contributed by atoms with E-state index in [9.17, 15) is 4.79 Å². The first-order valence-corrected chi connectivity index (χ1v) is 6.18. The summed E-state index contributed by atoms with van der Waals surface area (Å²) in [6.45, 7) is 4.81. The second-order valence-corrected chi connectivity index (χ2v) is 3.77. The molecule has 0 saturated carbocycles. The molecule has 0 aliphatic rings. The fraction of sp³-hybridized carbons (Fsp3) is 0.615. The molecule has 1 aromatic rings. The average molecular weight is 255 g/mol. The molecule has 102 valence electrons. The van der Waals surface area contributed by atoms with Gasteiger partial charge in [-0.1, -0.05) is 0 Å². The van der Waals surface area contributed by atoms with Crippen LogP contribution < -0.4 is 0 Å². The number of carbonyl (C=O) groups excluding carboxylic acids is 1. The minimum atomic E-state index is -0.275. The fourth-order valence-electron chi connectivity index (χ4n) is 1.58. The lowest BCUT2D eigenvalue weighted by Crippen LogP contribution is -2.13. The maximum atomic E-state index is 11.6. The maximum Gasteiger partial charge on any atom is 0.354 e. The molecule has 5 heteroatoms. The molecule has 0 N–H and O–H groups in total. The minimum Gasteiger partial charge on any atom is -0.461 e. The van der Waals surface area contributed by atoms with Crippen LogP contribution in [0.15, 0.2) is 18.3 Å². The first-order chi connectivity index (χ1) is 8.79. The lowest BCUT2D eigenvalue weighted by atomic mass is 10.4. The summed E-state index contributed by atoms with van der Waals surface area (Å²) in [5.41, 5.74) is 0.591. The number of ether oxygens (including phenoxy) is 3. The topological polar surface area (TPSA) is 49.7 Å². The van der Waals surface area contributed by atoms with E-state index >= 15 is 0 Å². The van der Waals surface area contributed by atoms with Gasteiger partial charge in [0.1, 0.15) is 5.69 Å². The van der Waals surface area contributed by atoms with Crippen molar-refractivity contribution in [3.05, 3.63) is 24.0 Å². The SMILES string of the molecule is CCOC(=O)c1cccn1CCCOCCOC. The summed E-state index contributed by atoms with van der Waals surface area (Å²) in [5, 5.41) is 0. The molecule has 0 spiro atoms. The van der Waals surface area contributed by atoms with Gasteiger partial charge in [-0.3, -0.25) is 0 Å². The molecule has 0 fully saturated rings. The molecular formula is C13H21NO4. The normalized spacial score (nSPS) is 10.6. The highest BCUT2D eigenvalue weighted by molar-refractivity contribution is 5.87. The highest BCUT2D eigenvalue weighted by Gasteiger charge is 2.10. The van der Waals surface area contributed by atoms with Crippen molar-refractivity contribution in [2.75, 3.05) is 33.5 Å². The Balaban J connectivity index is 2.30. The van der Waals surface area contributed by atoms with Crippen LogP contribution in [-0.4, -0.2) is 44.1 Å². The Hall–Kier alpha value is -1.33. The molecule has 0 saturated heterocycles. The van der Waals surface area contributed by atoms with Crippen molar-refractivity contribution < 1.29 is 19.0 Å². The van der Waals surface area contributed by atoms with Crippen LogP contribution in [0.5, 0.6) is 0 Å². The molecule has 1 heterocycles. The molecule has 1 aromatic heterocycles. The minimum absolute atomic E-state index is 0.275. The molecule has 0 amide bonds. The quantitative estimate of drug-likeness (QED) is 0.498. The molecule has 0 aliphatic carbocycles. The third kappa shape index (κ3) is 4.89. The third-order valence-electron chi connectivity index (χ3n) is 2.43. The first-order valence-electron chi connectivity index (χ1n) is 6.18. The van der Waals surface area contributed by atoms with E-state index in [1.165, 1.54) is 0 Å². The van der Waals surface area contributed by atoms with Gasteiger partial charge in [0.25, 0.3) is 0 Å². The molecular weight excluding hydrogens is 234 g/mol. The predicted octanol–water partition coefficient (Wildman–Crippen LogP) is 1.72. The first kappa shape index (κ1) is 14.7. The molecule has 0 aromatic carbocycles. The molecule has 0 unspecified atom stereocenters. The number of carbonyl (C=O) groups is 1. The summed E-state index contributed by atoms with van der Waals surface area (Å²) in [5.74, 6) is -0.275. The second-order valence-electron chi connectivity index (χ2n) is 3.77. The smallest absolute Gasteiger partial charge is 0.354 e. The second kappa shape index (κ2) is 8.72. The van der Waals surface area contributed by atoms with Crippen LogP contribution in [0.25, 0.3) is 0 Å². The van der Waals surface area contributed by atoms with Gasteiger partial charge in [0, 0.05) is 26.5 Å². The van der Waals surface area contributed by atoms with Crippen molar-refractivity contribution in [2.24, 2.45) is 0 Å².